The van der Waals surface area contributed by atoms with Crippen molar-refractivity contribution in [1.29, 1.82) is 5.26 Å². The number of rotatable bonds is 3. The van der Waals surface area contributed by atoms with Crippen LogP contribution in [0.1, 0.15) is 34.5 Å². The van der Waals surface area contributed by atoms with Crippen LogP contribution >= 0.6 is 0 Å². The number of amides is 1. The van der Waals surface area contributed by atoms with Crippen molar-refractivity contribution in [2.75, 3.05) is 13.2 Å². The quantitative estimate of drug-likeness (QED) is 0.731. The number of aromatic hydroxyl groups is 1. The molecule has 0 bridgehead atoms. The lowest BCUT2D eigenvalue weighted by atomic mass is 10.0. The molecule has 2 aromatic carbocycles. The number of nitrogens with zero attached hydrogens (tertiary/aromatic N) is 2. The lowest BCUT2D eigenvalue weighted by Crippen LogP contribution is -2.38. The van der Waals surface area contributed by atoms with Crippen LogP contribution in [-0.4, -0.2) is 28.7 Å². The zero-order valence-electron chi connectivity index (χ0n) is 15.1. The normalized spacial score (nSPS) is 14.9. The van der Waals surface area contributed by atoms with Crippen molar-refractivity contribution in [2.45, 2.75) is 13.0 Å². The Kier molecular flexibility index (Phi) is 4.24. The molecule has 1 amide bonds. The van der Waals surface area contributed by atoms with Gasteiger partial charge in [-0.1, -0.05) is 18.2 Å². The Labute approximate surface area is 160 Å². The van der Waals surface area contributed by atoms with E-state index in [9.17, 15) is 14.7 Å². The van der Waals surface area contributed by atoms with Gasteiger partial charge in [-0.25, -0.2) is 0 Å². The highest BCUT2D eigenvalue weighted by Crippen LogP contribution is 2.38. The van der Waals surface area contributed by atoms with Gasteiger partial charge in [0.2, 0.25) is 0 Å². The van der Waals surface area contributed by atoms with Gasteiger partial charge >= 0.3 is 0 Å². The van der Waals surface area contributed by atoms with Gasteiger partial charge in [0, 0.05) is 11.9 Å². The van der Waals surface area contributed by atoms with Gasteiger partial charge < -0.3 is 15.2 Å². The first-order chi connectivity index (χ1) is 13.6. The van der Waals surface area contributed by atoms with Gasteiger partial charge in [-0.3, -0.25) is 14.2 Å². The summed E-state index contributed by atoms with van der Waals surface area (Å²) in [5, 5.41) is 22.6. The number of hydrogen-bond donors (Lipinski definition) is 2. The number of nitriles is 1. The van der Waals surface area contributed by atoms with E-state index in [0.717, 1.165) is 5.56 Å². The number of pyridine rings is 1. The number of benzene rings is 2. The first kappa shape index (κ1) is 17.6. The molecule has 7 nitrogen and oxygen atoms in total. The van der Waals surface area contributed by atoms with Gasteiger partial charge in [0.05, 0.1) is 23.2 Å². The molecule has 0 saturated heterocycles. The van der Waals surface area contributed by atoms with E-state index in [1.54, 1.807) is 49.4 Å². The lowest BCUT2D eigenvalue weighted by Gasteiger charge is -2.29. The van der Waals surface area contributed by atoms with Crippen LogP contribution in [0, 0.1) is 11.3 Å². The maximum atomic E-state index is 13.3. The molecule has 0 radical (unpaired) electrons. The highest BCUT2D eigenvalue weighted by Gasteiger charge is 2.31. The average Bonchev–Trinajstić information content (AvgIpc) is 2.72. The van der Waals surface area contributed by atoms with E-state index in [1.165, 1.54) is 4.57 Å². The third kappa shape index (κ3) is 2.58. The minimum Gasteiger partial charge on any atom is -0.506 e. The summed E-state index contributed by atoms with van der Waals surface area (Å²) in [5.74, 6) is -0.503. The van der Waals surface area contributed by atoms with Gasteiger partial charge in [0.25, 0.3) is 11.5 Å². The smallest absolute Gasteiger partial charge is 0.268 e. The molecule has 0 saturated carbocycles. The number of nitrogens with one attached hydrogen (secondary N) is 1. The van der Waals surface area contributed by atoms with Crippen molar-refractivity contribution in [3.05, 3.63) is 69.5 Å². The Balaban J connectivity index is 2.02. The Morgan fingerprint density at radius 2 is 2.07 bits per heavy atom. The summed E-state index contributed by atoms with van der Waals surface area (Å²) in [6.07, 6.45) is 0. The fourth-order valence-corrected chi connectivity index (χ4v) is 3.56. The molecular formula is C21H17N3O4. The molecular weight excluding hydrogens is 358 g/mol. The minimum absolute atomic E-state index is 0.192. The molecule has 7 heteroatoms. The van der Waals surface area contributed by atoms with Crippen molar-refractivity contribution in [3.63, 3.8) is 0 Å². The summed E-state index contributed by atoms with van der Waals surface area (Å²) in [6.45, 7) is 2.26. The molecule has 28 heavy (non-hydrogen) atoms. The molecule has 2 heterocycles. The summed E-state index contributed by atoms with van der Waals surface area (Å²) in [7, 11) is 0. The summed E-state index contributed by atoms with van der Waals surface area (Å²) in [6, 6.07) is 13.5. The standard InChI is InChI=1S/C21H17N3O4/c1-2-23-20(26)17-19(25)14-4-3-5-16-18(14)24(21(17)27)15(11-28-16)13-8-6-12(10-22)7-9-13/h3-9,15,25H,2,11H2,1H3,(H,23,26). The third-order valence-corrected chi connectivity index (χ3v) is 4.86. The number of para-hydroxylation sites is 1. The molecule has 4 rings (SSSR count). The Morgan fingerprint density at radius 3 is 2.75 bits per heavy atom. The number of carbonyl (C=O) groups is 1. The lowest BCUT2D eigenvalue weighted by molar-refractivity contribution is 0.0950. The first-order valence-electron chi connectivity index (χ1n) is 8.88. The van der Waals surface area contributed by atoms with E-state index in [-0.39, 0.29) is 17.9 Å². The van der Waals surface area contributed by atoms with Crippen LogP contribution in [0.25, 0.3) is 10.9 Å². The van der Waals surface area contributed by atoms with Crippen LogP contribution in [0.2, 0.25) is 0 Å². The maximum Gasteiger partial charge on any atom is 0.268 e. The van der Waals surface area contributed by atoms with Gasteiger partial charge in [0.15, 0.2) is 0 Å². The molecule has 1 unspecified atom stereocenters. The number of carbonyl (C=O) groups excluding carboxylic acids is 1. The second-order valence-electron chi connectivity index (χ2n) is 6.47. The Morgan fingerprint density at radius 1 is 1.32 bits per heavy atom. The Hall–Kier alpha value is -3.79. The molecule has 0 spiro atoms. The van der Waals surface area contributed by atoms with E-state index < -0.39 is 17.5 Å². The van der Waals surface area contributed by atoms with E-state index in [4.69, 9.17) is 10.00 Å². The van der Waals surface area contributed by atoms with Crippen molar-refractivity contribution >= 4 is 16.8 Å². The van der Waals surface area contributed by atoms with E-state index in [0.29, 0.717) is 28.8 Å². The monoisotopic (exact) mass is 375 g/mol. The topological polar surface area (TPSA) is 104 Å². The van der Waals surface area contributed by atoms with E-state index >= 15 is 0 Å². The van der Waals surface area contributed by atoms with Crippen LogP contribution in [-0.2, 0) is 0 Å². The van der Waals surface area contributed by atoms with Gasteiger partial charge in [0.1, 0.15) is 23.7 Å². The molecule has 0 aliphatic carbocycles. The van der Waals surface area contributed by atoms with Crippen molar-refractivity contribution in [3.8, 4) is 17.6 Å². The van der Waals surface area contributed by atoms with Crippen LogP contribution in [0.4, 0.5) is 0 Å². The summed E-state index contributed by atoms with van der Waals surface area (Å²) < 4.78 is 7.34. The molecule has 1 atom stereocenters. The SMILES string of the molecule is CCNC(=O)c1c(O)c2cccc3c2n(c1=O)C(c1ccc(C#N)cc1)CO3. The van der Waals surface area contributed by atoms with Crippen molar-refractivity contribution in [2.24, 2.45) is 0 Å². The fourth-order valence-electron chi connectivity index (χ4n) is 3.56. The molecule has 1 aromatic heterocycles. The van der Waals surface area contributed by atoms with E-state index in [2.05, 4.69) is 11.4 Å². The van der Waals surface area contributed by atoms with Crippen LogP contribution in [0.15, 0.2) is 47.3 Å². The largest absolute Gasteiger partial charge is 0.506 e. The van der Waals surface area contributed by atoms with Crippen LogP contribution in [0.3, 0.4) is 0 Å². The molecule has 140 valence electrons. The van der Waals surface area contributed by atoms with Gasteiger partial charge in [-0.15, -0.1) is 0 Å². The summed E-state index contributed by atoms with van der Waals surface area (Å²) >= 11 is 0. The number of aromatic nitrogens is 1. The molecule has 0 fully saturated rings. The van der Waals surface area contributed by atoms with E-state index in [1.807, 2.05) is 0 Å². The summed E-state index contributed by atoms with van der Waals surface area (Å²) in [4.78, 5) is 25.8. The summed E-state index contributed by atoms with van der Waals surface area (Å²) in [5.41, 5.74) is 0.850. The van der Waals surface area contributed by atoms with Crippen molar-refractivity contribution < 1.29 is 14.6 Å². The minimum atomic E-state index is -0.619. The number of ether oxygens (including phenoxy) is 1. The molecule has 3 aromatic rings. The second kappa shape index (κ2) is 6.74. The molecule has 1 aliphatic heterocycles. The average molecular weight is 375 g/mol. The fraction of sp³-hybridized carbons (Fsp3) is 0.190. The molecule has 2 N–H and O–H groups in total. The first-order valence-corrected chi connectivity index (χ1v) is 8.88. The molecule has 1 aliphatic rings. The number of hydrogen-bond acceptors (Lipinski definition) is 5. The van der Waals surface area contributed by atoms with Crippen LogP contribution < -0.4 is 15.6 Å². The highest BCUT2D eigenvalue weighted by molar-refractivity contribution is 6.03. The predicted octanol–water partition coefficient (Wildman–Crippen LogP) is 2.31. The zero-order valence-corrected chi connectivity index (χ0v) is 15.1. The predicted molar refractivity (Wildman–Crippen MR) is 103 cm³/mol. The van der Waals surface area contributed by atoms with Gasteiger partial charge in [-0.05, 0) is 36.8 Å². The maximum absolute atomic E-state index is 13.3. The Bertz CT molecular complexity index is 1190. The zero-order chi connectivity index (χ0) is 19.8. The van der Waals surface area contributed by atoms with Gasteiger partial charge in [-0.2, -0.15) is 5.26 Å². The van der Waals surface area contributed by atoms with Crippen molar-refractivity contribution in [1.82, 2.24) is 9.88 Å². The third-order valence-electron chi connectivity index (χ3n) is 4.86. The van der Waals surface area contributed by atoms with Crippen LogP contribution in [0.5, 0.6) is 11.5 Å². The highest BCUT2D eigenvalue weighted by atomic mass is 16.5. The second-order valence-corrected chi connectivity index (χ2v) is 6.47.